The van der Waals surface area contributed by atoms with Gasteiger partial charge in [-0.05, 0) is 22.7 Å². The van der Waals surface area contributed by atoms with Crippen LogP contribution in [0.4, 0.5) is 0 Å². The Morgan fingerprint density at radius 3 is 1.73 bits per heavy atom. The fourth-order valence-electron chi connectivity index (χ4n) is 2.08. The molecule has 0 amide bonds. The van der Waals surface area contributed by atoms with Gasteiger partial charge in [-0.2, -0.15) is 0 Å². The molecular formula is C16H12NaO3PS. The Kier molecular flexibility index (Phi) is 6.57. The Morgan fingerprint density at radius 1 is 0.818 bits per heavy atom. The third kappa shape index (κ3) is 3.96. The van der Waals surface area contributed by atoms with Gasteiger partial charge in [0.15, 0.2) is 5.09 Å². The second-order valence-electron chi connectivity index (χ2n) is 4.33. The molecule has 0 aliphatic heterocycles. The van der Waals surface area contributed by atoms with Crippen LogP contribution in [0.2, 0.25) is 0 Å². The minimum Gasteiger partial charge on any atom is -0.766 e. The number of rotatable bonds is 4. The summed E-state index contributed by atoms with van der Waals surface area (Å²) in [6, 6.07) is 23.2. The summed E-state index contributed by atoms with van der Waals surface area (Å²) >= 11 is -2.34. The van der Waals surface area contributed by atoms with Crippen LogP contribution < -0.4 is 45.7 Å². The minimum absolute atomic E-state index is 0. The van der Waals surface area contributed by atoms with Crippen molar-refractivity contribution >= 4 is 35.1 Å². The zero-order valence-corrected chi connectivity index (χ0v) is 15.7. The van der Waals surface area contributed by atoms with E-state index in [1.807, 2.05) is 60.7 Å². The van der Waals surface area contributed by atoms with Crippen molar-refractivity contribution in [3.8, 4) is 0 Å². The Balaban J connectivity index is 0.00000176. The topological polar surface area (TPSA) is 53.3 Å². The van der Waals surface area contributed by atoms with Crippen LogP contribution in [0, 0.1) is 0 Å². The molecule has 0 saturated heterocycles. The van der Waals surface area contributed by atoms with Crippen LogP contribution in [-0.4, -0.2) is 8.76 Å². The summed E-state index contributed by atoms with van der Waals surface area (Å²) in [5.74, 6) is 0. The van der Waals surface area contributed by atoms with Crippen molar-refractivity contribution in [1.29, 1.82) is 0 Å². The van der Waals surface area contributed by atoms with Gasteiger partial charge in [-0.15, -0.1) is 0 Å². The molecule has 22 heavy (non-hydrogen) atoms. The summed E-state index contributed by atoms with van der Waals surface area (Å²) in [6.07, 6.45) is 0. The van der Waals surface area contributed by atoms with Crippen molar-refractivity contribution in [1.82, 2.24) is 0 Å². The van der Waals surface area contributed by atoms with E-state index >= 15 is 0 Å². The van der Waals surface area contributed by atoms with E-state index in [2.05, 4.69) is 0 Å². The molecule has 3 nitrogen and oxygen atoms in total. The van der Waals surface area contributed by atoms with Gasteiger partial charge in [0, 0.05) is 19.0 Å². The smallest absolute Gasteiger partial charge is 0.766 e. The van der Waals surface area contributed by atoms with Gasteiger partial charge in [0.25, 0.3) is 0 Å². The minimum atomic E-state index is -2.34. The first-order chi connectivity index (χ1) is 10.3. The van der Waals surface area contributed by atoms with E-state index in [4.69, 9.17) is 4.42 Å². The van der Waals surface area contributed by atoms with Crippen molar-refractivity contribution in [2.45, 2.75) is 5.09 Å². The molecule has 1 heterocycles. The first-order valence-electron chi connectivity index (χ1n) is 6.35. The largest absolute Gasteiger partial charge is 1.00 e. The van der Waals surface area contributed by atoms with Crippen LogP contribution in [0.25, 0.3) is 0 Å². The van der Waals surface area contributed by atoms with Crippen molar-refractivity contribution in [3.63, 3.8) is 0 Å². The SMILES string of the molecule is O=S([O-])c1ccc(P(c2ccccc2)c2ccccc2)o1.[Na+]. The standard InChI is InChI=1S/C16H13O3PS.Na/c17-21(18)16-12-11-15(19-16)20(13-7-3-1-4-8-13)14-9-5-2-6-10-14;/h1-12H,(H,17,18);/q;+1/p-1. The van der Waals surface area contributed by atoms with Gasteiger partial charge < -0.3 is 8.97 Å². The van der Waals surface area contributed by atoms with Crippen molar-refractivity contribution in [3.05, 3.63) is 72.8 Å². The van der Waals surface area contributed by atoms with Crippen molar-refractivity contribution < 1.29 is 42.7 Å². The first-order valence-corrected chi connectivity index (χ1v) is 8.77. The van der Waals surface area contributed by atoms with E-state index < -0.39 is 19.0 Å². The molecule has 2 aromatic carbocycles. The van der Waals surface area contributed by atoms with Gasteiger partial charge in [-0.25, -0.2) is 0 Å². The van der Waals surface area contributed by atoms with Crippen LogP contribution in [0.3, 0.4) is 0 Å². The Labute approximate surface area is 155 Å². The van der Waals surface area contributed by atoms with Gasteiger partial charge in [0.1, 0.15) is 5.50 Å². The molecule has 0 N–H and O–H groups in total. The van der Waals surface area contributed by atoms with Gasteiger partial charge >= 0.3 is 29.6 Å². The third-order valence-corrected chi connectivity index (χ3v) is 5.84. The molecule has 3 aromatic rings. The maximum absolute atomic E-state index is 11.0. The molecule has 0 aliphatic carbocycles. The fraction of sp³-hybridized carbons (Fsp3) is 0. The summed E-state index contributed by atoms with van der Waals surface area (Å²) in [4.78, 5) is 0. The maximum Gasteiger partial charge on any atom is 1.00 e. The van der Waals surface area contributed by atoms with Crippen LogP contribution >= 0.6 is 7.92 Å². The van der Waals surface area contributed by atoms with E-state index in [0.29, 0.717) is 5.50 Å². The van der Waals surface area contributed by atoms with Crippen LogP contribution in [0.5, 0.6) is 0 Å². The summed E-state index contributed by atoms with van der Waals surface area (Å²) in [5.41, 5.74) is 0.682. The third-order valence-electron chi connectivity index (χ3n) is 2.98. The van der Waals surface area contributed by atoms with Gasteiger partial charge in [-0.1, -0.05) is 60.7 Å². The monoisotopic (exact) mass is 338 g/mol. The maximum atomic E-state index is 11.0. The molecule has 106 valence electrons. The van der Waals surface area contributed by atoms with E-state index in [1.165, 1.54) is 6.07 Å². The van der Waals surface area contributed by atoms with Crippen molar-refractivity contribution in [2.75, 3.05) is 0 Å². The predicted octanol–water partition coefficient (Wildman–Crippen LogP) is -0.720. The molecule has 1 aromatic heterocycles. The van der Waals surface area contributed by atoms with Crippen LogP contribution in [0.1, 0.15) is 0 Å². The normalized spacial score (nSPS) is 11.9. The number of hydrogen-bond donors (Lipinski definition) is 0. The molecule has 3 rings (SSSR count). The van der Waals surface area contributed by atoms with E-state index in [-0.39, 0.29) is 34.6 Å². The number of furan rings is 1. The van der Waals surface area contributed by atoms with E-state index in [9.17, 15) is 8.76 Å². The van der Waals surface area contributed by atoms with Crippen LogP contribution in [0.15, 0.2) is 82.3 Å². The Hall–Kier alpha value is -0.740. The molecule has 0 spiro atoms. The average molecular weight is 338 g/mol. The predicted molar refractivity (Wildman–Crippen MR) is 84.6 cm³/mol. The molecule has 1 unspecified atom stereocenters. The summed E-state index contributed by atoms with van der Waals surface area (Å²) in [6.45, 7) is 0. The average Bonchev–Trinajstić information content (AvgIpc) is 3.00. The van der Waals surface area contributed by atoms with Crippen molar-refractivity contribution in [2.24, 2.45) is 0 Å². The molecule has 0 bridgehead atoms. The van der Waals surface area contributed by atoms with E-state index in [1.54, 1.807) is 6.07 Å². The summed E-state index contributed by atoms with van der Waals surface area (Å²) in [7, 11) is -0.890. The Morgan fingerprint density at radius 2 is 1.32 bits per heavy atom. The zero-order valence-electron chi connectivity index (χ0n) is 12.0. The van der Waals surface area contributed by atoms with Gasteiger partial charge in [0.05, 0.1) is 0 Å². The molecular weight excluding hydrogens is 326 g/mol. The summed E-state index contributed by atoms with van der Waals surface area (Å²) < 4.78 is 27.6. The second-order valence-corrected chi connectivity index (χ2v) is 7.35. The molecule has 0 fully saturated rings. The molecule has 0 aliphatic rings. The molecule has 0 saturated carbocycles. The van der Waals surface area contributed by atoms with Crippen LogP contribution in [-0.2, 0) is 11.1 Å². The molecule has 1 atom stereocenters. The van der Waals surface area contributed by atoms with Gasteiger partial charge in [0.2, 0.25) is 0 Å². The molecule has 0 radical (unpaired) electrons. The zero-order chi connectivity index (χ0) is 14.7. The van der Waals surface area contributed by atoms with Gasteiger partial charge in [-0.3, -0.25) is 4.21 Å². The van der Waals surface area contributed by atoms with E-state index in [0.717, 1.165) is 10.6 Å². The number of benzene rings is 2. The fourth-order valence-corrected chi connectivity index (χ4v) is 4.64. The summed E-state index contributed by atoms with van der Waals surface area (Å²) in [5, 5.41) is 2.22. The first kappa shape index (κ1) is 17.6. The molecule has 6 heteroatoms. The Bertz CT molecular complexity index is 707. The number of hydrogen-bond acceptors (Lipinski definition) is 3. The quantitative estimate of drug-likeness (QED) is 0.358. The second kappa shape index (κ2) is 8.21.